The van der Waals surface area contributed by atoms with Gasteiger partial charge in [-0.2, -0.15) is 0 Å². The molecule has 0 atom stereocenters. The van der Waals surface area contributed by atoms with E-state index in [-0.39, 0.29) is 5.82 Å². The largest absolute Gasteiger partial charge is 0.439 e. The van der Waals surface area contributed by atoms with Gasteiger partial charge in [-0.1, -0.05) is 15.9 Å². The lowest BCUT2D eigenvalue weighted by molar-refractivity contribution is 0.457. The first-order valence-electron chi connectivity index (χ1n) is 4.39. The Balaban J connectivity index is 2.23. The zero-order valence-corrected chi connectivity index (χ0v) is 11.1. The van der Waals surface area contributed by atoms with Gasteiger partial charge in [0.05, 0.1) is 0 Å². The topological polar surface area (TPSA) is 22.1 Å². The van der Waals surface area contributed by atoms with Gasteiger partial charge in [0.2, 0.25) is 5.88 Å². The molecule has 5 heteroatoms. The van der Waals surface area contributed by atoms with Crippen LogP contribution < -0.4 is 4.74 Å². The van der Waals surface area contributed by atoms with Crippen molar-refractivity contribution in [1.82, 2.24) is 4.98 Å². The maximum atomic E-state index is 13.1. The first-order chi connectivity index (χ1) is 7.63. The molecule has 0 N–H and O–H groups in total. The molecule has 1 aromatic heterocycles. The molecule has 2 rings (SSSR count). The van der Waals surface area contributed by atoms with Crippen LogP contribution in [0.4, 0.5) is 4.39 Å². The average Bonchev–Trinajstić information content (AvgIpc) is 2.20. The van der Waals surface area contributed by atoms with Crippen LogP contribution in [0.15, 0.2) is 45.5 Å². The van der Waals surface area contributed by atoms with Gasteiger partial charge in [0.25, 0.3) is 0 Å². The molecule has 0 bridgehead atoms. The van der Waals surface area contributed by atoms with Crippen LogP contribution in [-0.2, 0) is 0 Å². The number of hydrogen-bond donors (Lipinski definition) is 0. The lowest BCUT2D eigenvalue weighted by atomic mass is 10.3. The van der Waals surface area contributed by atoms with Crippen molar-refractivity contribution in [3.05, 3.63) is 51.3 Å². The maximum Gasteiger partial charge on any atom is 0.219 e. The van der Waals surface area contributed by atoms with Gasteiger partial charge in [0.15, 0.2) is 0 Å². The minimum atomic E-state index is -0.360. The molecule has 0 aliphatic rings. The third-order valence-electron chi connectivity index (χ3n) is 1.76. The van der Waals surface area contributed by atoms with Gasteiger partial charge in [-0.05, 0) is 34.1 Å². The van der Waals surface area contributed by atoms with Crippen LogP contribution in [0.2, 0.25) is 0 Å². The Labute approximate surface area is 109 Å². The minimum Gasteiger partial charge on any atom is -0.439 e. The van der Waals surface area contributed by atoms with Gasteiger partial charge in [-0.3, -0.25) is 0 Å². The summed E-state index contributed by atoms with van der Waals surface area (Å²) in [6.07, 6.45) is 1.61. The Morgan fingerprint density at radius 1 is 1.06 bits per heavy atom. The molecule has 1 heterocycles. The second kappa shape index (κ2) is 4.93. The van der Waals surface area contributed by atoms with Crippen molar-refractivity contribution < 1.29 is 9.13 Å². The first-order valence-corrected chi connectivity index (χ1v) is 5.97. The first kappa shape index (κ1) is 11.5. The normalized spacial score (nSPS) is 10.2. The summed E-state index contributed by atoms with van der Waals surface area (Å²) in [5, 5.41) is 0. The van der Waals surface area contributed by atoms with E-state index in [0.717, 1.165) is 4.47 Å². The number of rotatable bonds is 2. The quantitative estimate of drug-likeness (QED) is 0.796. The van der Waals surface area contributed by atoms with E-state index >= 15 is 0 Å². The summed E-state index contributed by atoms with van der Waals surface area (Å²) in [6.45, 7) is 0. The molecule has 1 aromatic carbocycles. The van der Waals surface area contributed by atoms with Gasteiger partial charge >= 0.3 is 0 Å². The molecule has 0 amide bonds. The van der Waals surface area contributed by atoms with Crippen molar-refractivity contribution >= 4 is 31.9 Å². The summed E-state index contributed by atoms with van der Waals surface area (Å²) >= 11 is 6.46. The highest BCUT2D eigenvalue weighted by atomic mass is 79.9. The molecule has 0 aliphatic carbocycles. The summed E-state index contributed by atoms with van der Waals surface area (Å²) in [5.74, 6) is 0.462. The van der Waals surface area contributed by atoms with Gasteiger partial charge in [-0.15, -0.1) is 0 Å². The molecule has 0 fully saturated rings. The zero-order chi connectivity index (χ0) is 11.5. The van der Waals surface area contributed by atoms with Gasteiger partial charge < -0.3 is 4.74 Å². The van der Waals surface area contributed by atoms with E-state index in [9.17, 15) is 4.39 Å². The standard InChI is InChI=1S/C11H6Br2FNO/c12-7-1-2-11(15-6-7)16-10-4-8(13)3-9(14)5-10/h1-6H. The molecular weight excluding hydrogens is 341 g/mol. The predicted octanol–water partition coefficient (Wildman–Crippen LogP) is 4.54. The molecule has 2 nitrogen and oxygen atoms in total. The summed E-state index contributed by atoms with van der Waals surface area (Å²) < 4.78 is 19.9. The van der Waals surface area contributed by atoms with Gasteiger partial charge in [0, 0.05) is 27.3 Å². The molecule has 0 spiro atoms. The van der Waals surface area contributed by atoms with E-state index in [1.54, 1.807) is 24.4 Å². The molecular formula is C11H6Br2FNO. The van der Waals surface area contributed by atoms with Crippen LogP contribution in [0.5, 0.6) is 11.6 Å². The highest BCUT2D eigenvalue weighted by molar-refractivity contribution is 9.10. The Morgan fingerprint density at radius 2 is 1.88 bits per heavy atom. The predicted molar refractivity (Wildman–Crippen MR) is 66.1 cm³/mol. The van der Waals surface area contributed by atoms with Crippen molar-refractivity contribution in [2.24, 2.45) is 0 Å². The van der Waals surface area contributed by atoms with E-state index in [0.29, 0.717) is 16.1 Å². The number of nitrogens with zero attached hydrogens (tertiary/aromatic N) is 1. The molecule has 0 aliphatic heterocycles. The summed E-state index contributed by atoms with van der Waals surface area (Å²) in [5.41, 5.74) is 0. The molecule has 0 radical (unpaired) electrons. The fourth-order valence-corrected chi connectivity index (χ4v) is 1.81. The van der Waals surface area contributed by atoms with E-state index in [1.807, 2.05) is 0 Å². The summed E-state index contributed by atoms with van der Waals surface area (Å²) in [7, 11) is 0. The Kier molecular flexibility index (Phi) is 3.56. The van der Waals surface area contributed by atoms with E-state index in [4.69, 9.17) is 4.74 Å². The van der Waals surface area contributed by atoms with E-state index in [2.05, 4.69) is 36.8 Å². The lowest BCUT2D eigenvalue weighted by Gasteiger charge is -2.05. The summed E-state index contributed by atoms with van der Waals surface area (Å²) in [4.78, 5) is 4.03. The molecule has 16 heavy (non-hydrogen) atoms. The van der Waals surface area contributed by atoms with Crippen molar-refractivity contribution in [2.45, 2.75) is 0 Å². The number of ether oxygens (including phenoxy) is 1. The second-order valence-corrected chi connectivity index (χ2v) is 4.85. The minimum absolute atomic E-state index is 0.360. The Bertz CT molecular complexity index is 482. The highest BCUT2D eigenvalue weighted by Crippen LogP contribution is 2.25. The van der Waals surface area contributed by atoms with Crippen LogP contribution in [-0.4, -0.2) is 4.98 Å². The number of pyridine rings is 1. The summed E-state index contributed by atoms with van der Waals surface area (Å²) in [6, 6.07) is 7.84. The van der Waals surface area contributed by atoms with Crippen molar-refractivity contribution in [3.63, 3.8) is 0 Å². The van der Waals surface area contributed by atoms with E-state index in [1.165, 1.54) is 12.1 Å². The van der Waals surface area contributed by atoms with Crippen LogP contribution in [0.1, 0.15) is 0 Å². The van der Waals surface area contributed by atoms with Gasteiger partial charge in [0.1, 0.15) is 11.6 Å². The molecule has 0 unspecified atom stereocenters. The van der Waals surface area contributed by atoms with Crippen molar-refractivity contribution in [1.29, 1.82) is 0 Å². The number of benzene rings is 1. The molecule has 2 aromatic rings. The Hall–Kier alpha value is -0.940. The monoisotopic (exact) mass is 345 g/mol. The zero-order valence-electron chi connectivity index (χ0n) is 7.95. The van der Waals surface area contributed by atoms with Crippen LogP contribution >= 0.6 is 31.9 Å². The van der Waals surface area contributed by atoms with Crippen LogP contribution in [0.25, 0.3) is 0 Å². The molecule has 82 valence electrons. The molecule has 0 saturated heterocycles. The Morgan fingerprint density at radius 3 is 2.50 bits per heavy atom. The SMILES string of the molecule is Fc1cc(Br)cc(Oc2ccc(Br)cn2)c1. The van der Waals surface area contributed by atoms with Crippen molar-refractivity contribution in [3.8, 4) is 11.6 Å². The third-order valence-corrected chi connectivity index (χ3v) is 2.69. The highest BCUT2D eigenvalue weighted by Gasteiger charge is 2.02. The fourth-order valence-electron chi connectivity index (χ4n) is 1.13. The van der Waals surface area contributed by atoms with Crippen molar-refractivity contribution in [2.75, 3.05) is 0 Å². The van der Waals surface area contributed by atoms with E-state index < -0.39 is 0 Å². The lowest BCUT2D eigenvalue weighted by Crippen LogP contribution is -1.88. The van der Waals surface area contributed by atoms with Gasteiger partial charge in [-0.25, -0.2) is 9.37 Å². The number of hydrogen-bond acceptors (Lipinski definition) is 2. The molecule has 0 saturated carbocycles. The average molecular weight is 347 g/mol. The maximum absolute atomic E-state index is 13.1. The smallest absolute Gasteiger partial charge is 0.219 e. The second-order valence-electron chi connectivity index (χ2n) is 3.02. The number of aromatic nitrogens is 1. The van der Waals surface area contributed by atoms with Crippen LogP contribution in [0.3, 0.4) is 0 Å². The third kappa shape index (κ3) is 3.02. The van der Waals surface area contributed by atoms with Crippen LogP contribution in [0, 0.1) is 5.82 Å². The number of halogens is 3. The fraction of sp³-hybridized carbons (Fsp3) is 0.